The van der Waals surface area contributed by atoms with Crippen molar-refractivity contribution in [3.63, 3.8) is 0 Å². The van der Waals surface area contributed by atoms with Crippen LogP contribution in [0, 0.1) is 0 Å². The summed E-state index contributed by atoms with van der Waals surface area (Å²) < 4.78 is 15.6. The number of rotatable bonds is 5. The third-order valence-corrected chi connectivity index (χ3v) is 21.9. The zero-order chi connectivity index (χ0) is 57.5. The fraction of sp³-hybridized carbons (Fsp3) is 0. The highest BCUT2D eigenvalue weighted by atomic mass is 16.3. The topological polar surface area (TPSA) is 29.5 Å². The summed E-state index contributed by atoms with van der Waals surface area (Å²) in [6, 6.07) is 0. The summed E-state index contributed by atoms with van der Waals surface area (Å²) in [5.74, 6) is 0. The van der Waals surface area contributed by atoms with Crippen molar-refractivity contribution in [2.24, 2.45) is 0 Å². The van der Waals surface area contributed by atoms with Crippen LogP contribution < -0.4 is 163 Å². The van der Waals surface area contributed by atoms with Crippen LogP contribution >= 0.6 is 0 Å². The Morgan fingerprint density at radius 2 is 0.397 bits per heavy atom. The lowest BCUT2D eigenvalue weighted by Gasteiger charge is -2.38. The quantitative estimate of drug-likeness (QED) is 0.161. The molecular formula is C46H58B29NO2. The molecule has 0 saturated heterocycles. The predicted octanol–water partition coefficient (Wildman–Crippen LogP) is -37.1. The van der Waals surface area contributed by atoms with E-state index < -0.39 is 0 Å². The molecule has 3 nitrogen and oxygen atoms in total. The van der Waals surface area contributed by atoms with Gasteiger partial charge >= 0.3 is 0 Å². The Balaban J connectivity index is 1.50. The molecule has 10 aromatic rings. The Kier molecular flexibility index (Phi) is 13.9. The molecule has 0 fully saturated rings. The zero-order valence-electron chi connectivity index (χ0n) is 53.3. The Morgan fingerprint density at radius 1 is 0.154 bits per heavy atom. The lowest BCUT2D eigenvalue weighted by molar-refractivity contribution is 0.668. The molecule has 0 aliphatic carbocycles. The molecule has 0 N–H and O–H groups in total. The summed E-state index contributed by atoms with van der Waals surface area (Å²) in [7, 11) is 67.5. The fourth-order valence-electron chi connectivity index (χ4n) is 15.0. The van der Waals surface area contributed by atoms with Gasteiger partial charge in [-0.1, -0.05) is 104 Å². The molecule has 0 bridgehead atoms. The number of hydrogen-bond donors (Lipinski definition) is 0. The highest BCUT2D eigenvalue weighted by Gasteiger charge is 2.35. The number of fused-ring (bicyclic) bond motifs is 7. The third-order valence-electron chi connectivity index (χ3n) is 21.9. The van der Waals surface area contributed by atoms with Gasteiger partial charge in [0.25, 0.3) is 0 Å². The molecule has 0 aliphatic heterocycles. The van der Waals surface area contributed by atoms with Crippen LogP contribution in [0.1, 0.15) is 0 Å². The van der Waals surface area contributed by atoms with Crippen molar-refractivity contribution in [1.29, 1.82) is 0 Å². The van der Waals surface area contributed by atoms with E-state index in [9.17, 15) is 0 Å². The summed E-state index contributed by atoms with van der Waals surface area (Å²) in [6.07, 6.45) is 0. The maximum Gasteiger partial charge on any atom is 0.158 e. The number of nitrogens with zero attached hydrogens (tertiary/aromatic N) is 1. The van der Waals surface area contributed by atoms with Crippen LogP contribution in [0.5, 0.6) is 0 Å². The van der Waals surface area contributed by atoms with Gasteiger partial charge < -0.3 is 13.7 Å². The van der Waals surface area contributed by atoms with E-state index in [-0.39, 0.29) is 0 Å². The van der Waals surface area contributed by atoms with Gasteiger partial charge in [-0.2, -0.15) is 0 Å². The Morgan fingerprint density at radius 3 is 0.846 bits per heavy atom. The van der Waals surface area contributed by atoms with E-state index in [4.69, 9.17) is 8.83 Å². The number of furan rings is 2. The summed E-state index contributed by atoms with van der Waals surface area (Å²) >= 11 is 0. The molecular weight excluding hydrogens is 912 g/mol. The van der Waals surface area contributed by atoms with Gasteiger partial charge in [-0.15, -0.1) is 49.2 Å². The van der Waals surface area contributed by atoms with Gasteiger partial charge in [0.05, 0.1) is 5.69 Å². The number of benzene rings is 8. The predicted molar refractivity (Wildman–Crippen MR) is 441 cm³/mol. The zero-order valence-corrected chi connectivity index (χ0v) is 53.3. The van der Waals surface area contributed by atoms with E-state index in [0.717, 1.165) is 55.2 Å². The van der Waals surface area contributed by atoms with Crippen LogP contribution in [0.2, 0.25) is 0 Å². The second kappa shape index (κ2) is 19.2. The maximum atomic E-state index is 8.16. The van der Waals surface area contributed by atoms with Crippen molar-refractivity contribution in [2.75, 3.05) is 4.90 Å². The molecule has 78 heavy (non-hydrogen) atoms. The second-order valence-corrected chi connectivity index (χ2v) is 24.8. The van der Waals surface area contributed by atoms with Crippen molar-refractivity contribution < 1.29 is 8.83 Å². The van der Waals surface area contributed by atoms with E-state index in [2.05, 4.69) is 232 Å². The van der Waals surface area contributed by atoms with Crippen molar-refractivity contribution in [1.82, 2.24) is 0 Å². The first kappa shape index (κ1) is 56.6. The number of anilines is 3. The summed E-state index contributed by atoms with van der Waals surface area (Å²) in [4.78, 5) is 2.71. The standard InChI is InChI=1S/C46H58B29NO2/c47-11-3(12(48)27(63)32(68)26(11)62)1-2-8-20(56)30(66)34(70)39(75)45(8)78-44(2)23(59)10-9-21(57)31(67)38(74)42(46(9)77-43(1)10)76(40-22(58)7-6(19(55)35(40)71)15(51)24(60)25(61)16(7)52)41-36(72)17(53)5(18(54)37(41)73)4-13(49)28(64)33(69)29(65)14(4)50/h47-75H2. The summed E-state index contributed by atoms with van der Waals surface area (Å²) in [5.41, 5.74) is 50.5. The molecule has 0 unspecified atom stereocenters. The van der Waals surface area contributed by atoms with Crippen LogP contribution in [0.3, 0.4) is 0 Å². The van der Waals surface area contributed by atoms with Crippen molar-refractivity contribution in [3.05, 3.63) is 0 Å². The van der Waals surface area contributed by atoms with E-state index in [1.807, 2.05) is 0 Å². The van der Waals surface area contributed by atoms with Gasteiger partial charge in [0.15, 0.2) is 5.58 Å². The van der Waals surface area contributed by atoms with Crippen molar-refractivity contribution in [3.8, 4) is 22.3 Å². The Hall–Kier alpha value is -4.70. The molecule has 2 heterocycles. The van der Waals surface area contributed by atoms with E-state index in [1.54, 1.807) is 0 Å². The second-order valence-electron chi connectivity index (χ2n) is 24.8. The summed E-state index contributed by atoms with van der Waals surface area (Å²) in [6.45, 7) is 0. The molecule has 32 heteroatoms. The fourth-order valence-corrected chi connectivity index (χ4v) is 15.0. The first-order chi connectivity index (χ1) is 36.4. The van der Waals surface area contributed by atoms with E-state index in [0.29, 0.717) is 0 Å². The summed E-state index contributed by atoms with van der Waals surface area (Å²) in [5, 5.41) is 7.39. The molecule has 0 spiro atoms. The van der Waals surface area contributed by atoms with Gasteiger partial charge in [-0.3, -0.25) is 0 Å². The van der Waals surface area contributed by atoms with Crippen LogP contribution in [0.4, 0.5) is 17.1 Å². The SMILES string of the molecule is Bc1c(B)c(B)c(-c2c(B)c(B)c(N(c3c(B)c(B)c4c(B)c(B)c(B)c(B)c4c3B)c3c(B)c(B)c(B)c4c3oc3c(-c5c(B)c(B)c(B)c(B)c5B)c5c(oc6c(B)c(B)c(B)c(B)c65)c(B)c34)c(B)c2B)c(B)c1B. The molecule has 0 saturated carbocycles. The lowest BCUT2D eigenvalue weighted by Crippen LogP contribution is -2.57. The average molecular weight is 971 g/mol. The van der Waals surface area contributed by atoms with Gasteiger partial charge in [0, 0.05) is 38.5 Å². The minimum absolute atomic E-state index is 0.918. The van der Waals surface area contributed by atoms with Gasteiger partial charge in [0.2, 0.25) is 0 Å². The van der Waals surface area contributed by atoms with E-state index in [1.165, 1.54) is 197 Å². The van der Waals surface area contributed by atoms with Crippen LogP contribution in [0.25, 0.3) is 76.9 Å². The maximum absolute atomic E-state index is 8.16. The van der Waals surface area contributed by atoms with Crippen molar-refractivity contribution >= 4 is 458 Å². The Bertz CT molecular complexity index is 4420. The first-order valence-corrected chi connectivity index (χ1v) is 28.7. The van der Waals surface area contributed by atoms with Crippen molar-refractivity contribution in [2.45, 2.75) is 0 Å². The molecule has 8 aromatic carbocycles. The third kappa shape index (κ3) is 7.33. The number of hydrogen-bond acceptors (Lipinski definition) is 3. The normalized spacial score (nSPS) is 11.8. The highest BCUT2D eigenvalue weighted by molar-refractivity contribution is 6.76. The molecule has 0 amide bonds. The first-order valence-electron chi connectivity index (χ1n) is 28.7. The Labute approximate surface area is 490 Å². The van der Waals surface area contributed by atoms with Crippen LogP contribution in [0.15, 0.2) is 8.83 Å². The molecule has 10 rings (SSSR count). The highest BCUT2D eigenvalue weighted by Crippen LogP contribution is 2.44. The van der Waals surface area contributed by atoms with Gasteiger partial charge in [-0.05, 0) is 32.9 Å². The lowest BCUT2D eigenvalue weighted by atomic mass is 9.56. The minimum atomic E-state index is 0.918. The molecule has 0 atom stereocenters. The average Bonchev–Trinajstić information content (AvgIpc) is 4.05. The van der Waals surface area contributed by atoms with Crippen LogP contribution in [-0.2, 0) is 0 Å². The van der Waals surface area contributed by atoms with Crippen LogP contribution in [-0.4, -0.2) is 228 Å². The monoisotopic (exact) mass is 976 g/mol. The largest absolute Gasteiger partial charge is 0.457 e. The molecule has 2 aromatic heterocycles. The minimum Gasteiger partial charge on any atom is -0.457 e. The van der Waals surface area contributed by atoms with Gasteiger partial charge in [0.1, 0.15) is 244 Å². The smallest absolute Gasteiger partial charge is 0.158 e. The van der Waals surface area contributed by atoms with Gasteiger partial charge in [-0.25, -0.2) is 0 Å². The molecule has 0 aliphatic rings. The molecule has 346 valence electrons. The van der Waals surface area contributed by atoms with E-state index >= 15 is 0 Å². The molecule has 0 radical (unpaired) electrons.